The van der Waals surface area contributed by atoms with Crippen molar-refractivity contribution in [2.75, 3.05) is 31.2 Å². The topological polar surface area (TPSA) is 94.3 Å². The van der Waals surface area contributed by atoms with Crippen LogP contribution >= 0.6 is 15.9 Å². The second-order valence-electron chi connectivity index (χ2n) is 4.75. The van der Waals surface area contributed by atoms with E-state index in [0.717, 1.165) is 0 Å². The third-order valence-corrected chi connectivity index (χ3v) is 6.03. The number of hydrogen-bond donors (Lipinski definition) is 0. The van der Waals surface area contributed by atoms with Crippen LogP contribution in [0.5, 0.6) is 0 Å². The van der Waals surface area contributed by atoms with Gasteiger partial charge in [-0.3, -0.25) is 0 Å². The van der Waals surface area contributed by atoms with Crippen LogP contribution in [-0.4, -0.2) is 44.2 Å². The van der Waals surface area contributed by atoms with Crippen LogP contribution in [0.25, 0.3) is 5.73 Å². The van der Waals surface area contributed by atoms with Gasteiger partial charge in [0.15, 0.2) is 0 Å². The maximum Gasteiger partial charge on any atom is 0.332 e. The molecule has 0 aliphatic carbocycles. The molecule has 2 aromatic rings. The minimum absolute atomic E-state index is 0.0701. The standard InChI is InChI=1S/C12H14BrN5O3S/c13-11-12(14)21-15-18(11)16-6-8-17(9-7-16)22(19,20)10-4-2-1-3-5-10/h1-5,14H,6-9H2. The van der Waals surface area contributed by atoms with Gasteiger partial charge in [-0.1, -0.05) is 18.2 Å². The van der Waals surface area contributed by atoms with E-state index >= 15 is 0 Å². The predicted molar refractivity (Wildman–Crippen MR) is 81.5 cm³/mol. The molecule has 0 spiro atoms. The van der Waals surface area contributed by atoms with Crippen molar-refractivity contribution >= 4 is 31.8 Å². The van der Waals surface area contributed by atoms with Crippen molar-refractivity contribution in [2.45, 2.75) is 4.90 Å². The van der Waals surface area contributed by atoms with E-state index in [4.69, 9.17) is 10.3 Å². The van der Waals surface area contributed by atoms with Crippen molar-refractivity contribution in [1.82, 2.24) is 9.58 Å². The van der Waals surface area contributed by atoms with Gasteiger partial charge in [-0.05, 0) is 12.1 Å². The van der Waals surface area contributed by atoms with Gasteiger partial charge in [0.1, 0.15) is 5.88 Å². The molecule has 0 radical (unpaired) electrons. The average molecular weight is 388 g/mol. The zero-order valence-corrected chi connectivity index (χ0v) is 13.9. The molecule has 1 N–H and O–H groups in total. The Hall–Kier alpha value is -1.65. The fourth-order valence-corrected chi connectivity index (χ4v) is 4.07. The van der Waals surface area contributed by atoms with Crippen LogP contribution in [0, 0.1) is 0 Å². The van der Waals surface area contributed by atoms with Gasteiger partial charge < -0.3 is 10.3 Å². The third kappa shape index (κ3) is 2.69. The van der Waals surface area contributed by atoms with Gasteiger partial charge >= 0.3 is 4.60 Å². The Morgan fingerprint density at radius 1 is 1.18 bits per heavy atom. The van der Waals surface area contributed by atoms with E-state index in [9.17, 15) is 8.42 Å². The first kappa shape index (κ1) is 15.3. The minimum atomic E-state index is -3.47. The van der Waals surface area contributed by atoms with Crippen molar-refractivity contribution in [1.29, 1.82) is 0 Å². The van der Waals surface area contributed by atoms with E-state index in [1.54, 1.807) is 30.3 Å². The molecule has 2 heterocycles. The summed E-state index contributed by atoms with van der Waals surface area (Å²) in [6, 6.07) is 8.39. The Labute approximate surface area is 136 Å². The summed E-state index contributed by atoms with van der Waals surface area (Å²) in [7, 11) is -3.47. The van der Waals surface area contributed by atoms with Gasteiger partial charge in [0.25, 0.3) is 0 Å². The number of benzene rings is 1. The molecule has 1 aromatic carbocycles. The van der Waals surface area contributed by atoms with Crippen LogP contribution in [0.1, 0.15) is 0 Å². The molecule has 1 aromatic heterocycles. The van der Waals surface area contributed by atoms with Gasteiger partial charge in [-0.2, -0.15) is 4.31 Å². The summed E-state index contributed by atoms with van der Waals surface area (Å²) in [5.74, 6) is -0.0701. The molecule has 118 valence electrons. The number of nitrogens with zero attached hydrogens (tertiary/aromatic N) is 4. The number of rotatable bonds is 3. The van der Waals surface area contributed by atoms with Crippen LogP contribution in [0.15, 0.2) is 44.4 Å². The second kappa shape index (κ2) is 5.86. The molecular weight excluding hydrogens is 374 g/mol. The van der Waals surface area contributed by atoms with Crippen molar-refractivity contribution in [2.24, 2.45) is 0 Å². The summed E-state index contributed by atoms with van der Waals surface area (Å²) < 4.78 is 31.7. The van der Waals surface area contributed by atoms with Crippen LogP contribution in [0.4, 0.5) is 5.88 Å². The largest absolute Gasteiger partial charge is 0.659 e. The third-order valence-electron chi connectivity index (χ3n) is 3.44. The van der Waals surface area contributed by atoms with E-state index in [1.165, 1.54) is 9.10 Å². The van der Waals surface area contributed by atoms with Crippen LogP contribution in [-0.2, 0) is 10.0 Å². The van der Waals surface area contributed by atoms with Gasteiger partial charge in [0, 0.05) is 29.0 Å². The molecule has 22 heavy (non-hydrogen) atoms. The minimum Gasteiger partial charge on any atom is -0.659 e. The molecule has 0 saturated carbocycles. The van der Waals surface area contributed by atoms with Crippen LogP contribution < -0.4 is 9.80 Å². The summed E-state index contributed by atoms with van der Waals surface area (Å²) in [5, 5.41) is 5.57. The molecular formula is C12H14BrN5O3S. The SMILES string of the molecule is [NH-]c1on[n+](N2CCN(S(=O)(=O)c3ccccc3)CC2)c1Br. The van der Waals surface area contributed by atoms with Crippen LogP contribution in [0.2, 0.25) is 0 Å². The molecule has 8 nitrogen and oxygen atoms in total. The normalized spacial score (nSPS) is 16.9. The molecule has 0 bridgehead atoms. The van der Waals surface area contributed by atoms with Gasteiger partial charge in [-0.25, -0.2) is 8.42 Å². The molecule has 1 aliphatic rings. The maximum atomic E-state index is 12.5. The Kier molecular flexibility index (Phi) is 4.06. The lowest BCUT2D eigenvalue weighted by atomic mass is 10.4. The quantitative estimate of drug-likeness (QED) is 0.733. The highest BCUT2D eigenvalue weighted by molar-refractivity contribution is 9.10. The van der Waals surface area contributed by atoms with E-state index in [-0.39, 0.29) is 5.88 Å². The van der Waals surface area contributed by atoms with Crippen molar-refractivity contribution in [3.8, 4) is 0 Å². The highest BCUT2D eigenvalue weighted by Crippen LogP contribution is 2.20. The lowest BCUT2D eigenvalue weighted by molar-refractivity contribution is -0.768. The number of piperazine rings is 1. The molecule has 0 unspecified atom stereocenters. The first-order valence-electron chi connectivity index (χ1n) is 6.59. The molecule has 0 atom stereocenters. The Morgan fingerprint density at radius 3 is 2.36 bits per heavy atom. The van der Waals surface area contributed by atoms with E-state index in [1.807, 2.05) is 5.01 Å². The van der Waals surface area contributed by atoms with E-state index < -0.39 is 10.0 Å². The average Bonchev–Trinajstić information content (AvgIpc) is 2.88. The number of halogens is 1. The monoisotopic (exact) mass is 387 g/mol. The zero-order valence-electron chi connectivity index (χ0n) is 11.5. The van der Waals surface area contributed by atoms with Gasteiger partial charge in [-0.15, -0.1) is 5.01 Å². The summed E-state index contributed by atoms with van der Waals surface area (Å²) in [5.41, 5.74) is 7.48. The first-order valence-corrected chi connectivity index (χ1v) is 8.83. The highest BCUT2D eigenvalue weighted by atomic mass is 79.9. The summed E-state index contributed by atoms with van der Waals surface area (Å²) in [4.78, 5) is 1.74. The van der Waals surface area contributed by atoms with Gasteiger partial charge in [0.05, 0.1) is 22.8 Å². The van der Waals surface area contributed by atoms with Crippen molar-refractivity contribution < 1.29 is 17.7 Å². The zero-order chi connectivity index (χ0) is 15.7. The number of sulfonamides is 1. The highest BCUT2D eigenvalue weighted by Gasteiger charge is 2.33. The Morgan fingerprint density at radius 2 is 1.82 bits per heavy atom. The smallest absolute Gasteiger partial charge is 0.332 e. The molecule has 3 rings (SSSR count). The van der Waals surface area contributed by atoms with Crippen molar-refractivity contribution in [3.05, 3.63) is 40.7 Å². The number of nitrogens with one attached hydrogen (secondary N) is 1. The predicted octanol–water partition coefficient (Wildman–Crippen LogP) is 1.05. The first-order chi connectivity index (χ1) is 10.5. The summed E-state index contributed by atoms with van der Waals surface area (Å²) in [6.07, 6.45) is 0. The second-order valence-corrected chi connectivity index (χ2v) is 7.44. The maximum absolute atomic E-state index is 12.5. The van der Waals surface area contributed by atoms with E-state index in [2.05, 4.69) is 21.2 Å². The number of aromatic nitrogens is 2. The summed E-state index contributed by atoms with van der Waals surface area (Å²) >= 11 is 3.22. The fourth-order valence-electron chi connectivity index (χ4n) is 2.27. The van der Waals surface area contributed by atoms with Crippen LogP contribution in [0.3, 0.4) is 0 Å². The molecule has 1 saturated heterocycles. The lowest BCUT2D eigenvalue weighted by Crippen LogP contribution is -2.66. The van der Waals surface area contributed by atoms with E-state index in [0.29, 0.717) is 35.7 Å². The van der Waals surface area contributed by atoms with Gasteiger partial charge in [0.2, 0.25) is 15.3 Å². The van der Waals surface area contributed by atoms with Crippen molar-refractivity contribution in [3.63, 3.8) is 0 Å². The molecule has 10 heteroatoms. The fraction of sp³-hybridized carbons (Fsp3) is 0.333. The summed E-state index contributed by atoms with van der Waals surface area (Å²) in [6.45, 7) is 1.61. The molecule has 1 fully saturated rings. The molecule has 1 aliphatic heterocycles. The Balaban J connectivity index is 1.73. The lowest BCUT2D eigenvalue weighted by Gasteiger charge is -2.29. The Bertz CT molecular complexity index is 756. The number of hydrogen-bond acceptors (Lipinski definition) is 5. The molecule has 0 amide bonds.